The molecule has 4 heteroatoms. The summed E-state index contributed by atoms with van der Waals surface area (Å²) < 4.78 is 5.60. The van der Waals surface area contributed by atoms with Crippen molar-refractivity contribution in [2.45, 2.75) is 24.8 Å². The van der Waals surface area contributed by atoms with E-state index in [9.17, 15) is 4.79 Å². The lowest BCUT2D eigenvalue weighted by molar-refractivity contribution is 0.108. The number of rotatable bonds is 4. The van der Waals surface area contributed by atoms with E-state index in [1.807, 2.05) is 26.2 Å². The van der Waals surface area contributed by atoms with Crippen molar-refractivity contribution in [1.82, 2.24) is 0 Å². The number of carbonyl (C=O) groups excluding carboxylic acids is 1. The van der Waals surface area contributed by atoms with Gasteiger partial charge in [-0.05, 0) is 49.9 Å². The summed E-state index contributed by atoms with van der Waals surface area (Å²) in [6, 6.07) is 5.23. The molecule has 0 saturated heterocycles. The van der Waals surface area contributed by atoms with E-state index in [0.717, 1.165) is 4.90 Å². The summed E-state index contributed by atoms with van der Waals surface area (Å²) in [6.07, 6.45) is 2.04. The fourth-order valence-corrected chi connectivity index (χ4v) is 1.77. The molecule has 2 nitrogen and oxygen atoms in total. The molecule has 0 N–H and O–H groups in total. The molecule has 0 aliphatic heterocycles. The Hall–Kier alpha value is -0.670. The number of halogens is 1. The van der Waals surface area contributed by atoms with E-state index in [1.165, 1.54) is 0 Å². The fraction of sp³-hybridized carbons (Fsp3) is 0.364. The van der Waals surface area contributed by atoms with Gasteiger partial charge in [0.1, 0.15) is 5.75 Å². The Morgan fingerprint density at radius 3 is 2.60 bits per heavy atom. The molecular formula is C11H13ClO2S. The van der Waals surface area contributed by atoms with Gasteiger partial charge in [0.2, 0.25) is 0 Å². The van der Waals surface area contributed by atoms with E-state index < -0.39 is 5.24 Å². The first-order valence-electron chi connectivity index (χ1n) is 4.59. The number of benzene rings is 1. The molecule has 0 atom stereocenters. The number of hydrogen-bond acceptors (Lipinski definition) is 3. The van der Waals surface area contributed by atoms with Crippen LogP contribution in [0.3, 0.4) is 0 Å². The largest absolute Gasteiger partial charge is 0.490 e. The lowest BCUT2D eigenvalue weighted by Gasteiger charge is -2.13. The highest BCUT2D eigenvalue weighted by atomic mass is 35.5. The summed E-state index contributed by atoms with van der Waals surface area (Å²) >= 11 is 6.98. The maximum absolute atomic E-state index is 11.0. The van der Waals surface area contributed by atoms with Gasteiger partial charge in [-0.2, -0.15) is 0 Å². The summed E-state index contributed by atoms with van der Waals surface area (Å²) in [7, 11) is 0. The molecule has 1 aromatic carbocycles. The highest BCUT2D eigenvalue weighted by Crippen LogP contribution is 2.29. The summed E-state index contributed by atoms with van der Waals surface area (Å²) in [6.45, 7) is 3.89. The van der Waals surface area contributed by atoms with Crippen molar-refractivity contribution < 1.29 is 9.53 Å². The third kappa shape index (κ3) is 3.43. The lowest BCUT2D eigenvalue weighted by atomic mass is 10.2. The number of carbonyl (C=O) groups is 1. The fourth-order valence-electron chi connectivity index (χ4n) is 1.14. The zero-order valence-corrected chi connectivity index (χ0v) is 10.5. The van der Waals surface area contributed by atoms with Crippen LogP contribution in [0.2, 0.25) is 0 Å². The Morgan fingerprint density at radius 1 is 1.47 bits per heavy atom. The lowest BCUT2D eigenvalue weighted by Crippen LogP contribution is -2.07. The standard InChI is InChI=1S/C11H13ClO2S/c1-7(2)14-9-6-8(11(12)13)4-5-10(9)15-3/h4-7H,1-3H3. The molecule has 0 aliphatic carbocycles. The van der Waals surface area contributed by atoms with Crippen molar-refractivity contribution in [1.29, 1.82) is 0 Å². The van der Waals surface area contributed by atoms with Crippen LogP contribution in [0.25, 0.3) is 0 Å². The van der Waals surface area contributed by atoms with Crippen LogP contribution >= 0.6 is 23.4 Å². The van der Waals surface area contributed by atoms with E-state index in [-0.39, 0.29) is 6.10 Å². The molecule has 0 saturated carbocycles. The Bertz CT molecular complexity index is 364. The number of thioether (sulfide) groups is 1. The second kappa shape index (κ2) is 5.42. The second-order valence-electron chi connectivity index (χ2n) is 3.31. The SMILES string of the molecule is CSc1ccc(C(=O)Cl)cc1OC(C)C. The zero-order chi connectivity index (χ0) is 11.4. The molecule has 0 aliphatic rings. The van der Waals surface area contributed by atoms with E-state index in [0.29, 0.717) is 11.3 Å². The van der Waals surface area contributed by atoms with E-state index in [1.54, 1.807) is 23.9 Å². The van der Waals surface area contributed by atoms with Gasteiger partial charge < -0.3 is 4.74 Å². The zero-order valence-electron chi connectivity index (χ0n) is 8.91. The van der Waals surface area contributed by atoms with Crippen molar-refractivity contribution >= 4 is 28.6 Å². The molecule has 15 heavy (non-hydrogen) atoms. The minimum absolute atomic E-state index is 0.0802. The summed E-state index contributed by atoms with van der Waals surface area (Å²) in [5, 5.41) is -0.462. The Balaban J connectivity index is 3.07. The molecule has 1 aromatic rings. The van der Waals surface area contributed by atoms with Crippen LogP contribution in [0.4, 0.5) is 0 Å². The molecule has 0 radical (unpaired) electrons. The van der Waals surface area contributed by atoms with Crippen molar-refractivity contribution in [3.8, 4) is 5.75 Å². The predicted octanol–water partition coefficient (Wildman–Crippen LogP) is 3.57. The van der Waals surface area contributed by atoms with Crippen LogP contribution in [0.15, 0.2) is 23.1 Å². The predicted molar refractivity (Wildman–Crippen MR) is 64.2 cm³/mol. The van der Waals surface area contributed by atoms with Crippen molar-refractivity contribution in [2.24, 2.45) is 0 Å². The molecule has 0 aromatic heterocycles. The van der Waals surface area contributed by atoms with Crippen molar-refractivity contribution in [3.05, 3.63) is 23.8 Å². The van der Waals surface area contributed by atoms with Crippen LogP contribution < -0.4 is 4.74 Å². The number of ether oxygens (including phenoxy) is 1. The van der Waals surface area contributed by atoms with Gasteiger partial charge in [-0.15, -0.1) is 11.8 Å². The van der Waals surface area contributed by atoms with Gasteiger partial charge in [0.05, 0.1) is 6.10 Å². The molecule has 82 valence electrons. The van der Waals surface area contributed by atoms with Crippen LogP contribution in [0, 0.1) is 0 Å². The molecule has 0 amide bonds. The van der Waals surface area contributed by atoms with Gasteiger partial charge in [0.25, 0.3) is 5.24 Å². The van der Waals surface area contributed by atoms with E-state index in [4.69, 9.17) is 16.3 Å². The van der Waals surface area contributed by atoms with Crippen molar-refractivity contribution in [2.75, 3.05) is 6.26 Å². The molecule has 0 spiro atoms. The van der Waals surface area contributed by atoms with Crippen LogP contribution in [-0.4, -0.2) is 17.6 Å². The molecule has 0 bridgehead atoms. The average Bonchev–Trinajstić information content (AvgIpc) is 2.16. The summed E-state index contributed by atoms with van der Waals surface area (Å²) in [5.74, 6) is 0.712. The van der Waals surface area contributed by atoms with E-state index in [2.05, 4.69) is 0 Å². The van der Waals surface area contributed by atoms with Gasteiger partial charge in [-0.3, -0.25) is 4.79 Å². The van der Waals surface area contributed by atoms with Gasteiger partial charge in [-0.25, -0.2) is 0 Å². The van der Waals surface area contributed by atoms with E-state index >= 15 is 0 Å². The first-order chi connectivity index (χ1) is 7.04. The maximum atomic E-state index is 11.0. The van der Waals surface area contributed by atoms with Crippen LogP contribution in [0.5, 0.6) is 5.75 Å². The quantitative estimate of drug-likeness (QED) is 0.598. The molecular weight excluding hydrogens is 232 g/mol. The highest BCUT2D eigenvalue weighted by molar-refractivity contribution is 7.98. The van der Waals surface area contributed by atoms with Gasteiger partial charge in [-0.1, -0.05) is 0 Å². The van der Waals surface area contributed by atoms with Crippen molar-refractivity contribution in [3.63, 3.8) is 0 Å². The topological polar surface area (TPSA) is 26.3 Å². The minimum Gasteiger partial charge on any atom is -0.490 e. The van der Waals surface area contributed by atoms with Gasteiger partial charge in [0, 0.05) is 10.5 Å². The third-order valence-corrected chi connectivity index (χ3v) is 2.75. The third-order valence-electron chi connectivity index (χ3n) is 1.75. The Morgan fingerprint density at radius 2 is 2.13 bits per heavy atom. The van der Waals surface area contributed by atoms with Crippen LogP contribution in [-0.2, 0) is 0 Å². The monoisotopic (exact) mass is 244 g/mol. The Kier molecular flexibility index (Phi) is 4.48. The summed E-state index contributed by atoms with van der Waals surface area (Å²) in [4.78, 5) is 12.0. The first-order valence-corrected chi connectivity index (χ1v) is 6.19. The maximum Gasteiger partial charge on any atom is 0.252 e. The van der Waals surface area contributed by atoms with Gasteiger partial charge in [0.15, 0.2) is 0 Å². The first kappa shape index (κ1) is 12.4. The highest BCUT2D eigenvalue weighted by Gasteiger charge is 2.09. The molecule has 1 rings (SSSR count). The average molecular weight is 245 g/mol. The number of hydrogen-bond donors (Lipinski definition) is 0. The Labute approximate surface area is 99.0 Å². The molecule has 0 fully saturated rings. The normalized spacial score (nSPS) is 10.5. The van der Waals surface area contributed by atoms with Gasteiger partial charge >= 0.3 is 0 Å². The second-order valence-corrected chi connectivity index (χ2v) is 4.50. The minimum atomic E-state index is -0.462. The van der Waals surface area contributed by atoms with Crippen LogP contribution in [0.1, 0.15) is 24.2 Å². The molecule has 0 unspecified atom stereocenters. The smallest absolute Gasteiger partial charge is 0.252 e. The molecule has 0 heterocycles. The summed E-state index contributed by atoms with van der Waals surface area (Å²) in [5.41, 5.74) is 0.463.